The zero-order chi connectivity index (χ0) is 15.8. The normalized spacial score (nSPS) is 9.57. The summed E-state index contributed by atoms with van der Waals surface area (Å²) in [5.74, 6) is 0.292. The second-order valence-corrected chi connectivity index (χ2v) is 4.97. The average Bonchev–Trinajstić information content (AvgIpc) is 2.45. The first-order valence-electron chi connectivity index (χ1n) is 7.07. The number of ether oxygens (including phenoxy) is 1. The van der Waals surface area contributed by atoms with Gasteiger partial charge < -0.3 is 4.74 Å². The van der Waals surface area contributed by atoms with E-state index >= 15 is 0 Å². The third-order valence-corrected chi connectivity index (χ3v) is 3.10. The van der Waals surface area contributed by atoms with Gasteiger partial charge in [-0.05, 0) is 54.8 Å². The standard InChI is InChI=1S/C16H15ClO2.C2H6/c1-11-4-3-5-15(8-11)19-16(18)10-13-9-14(17)7-6-12(13)2;1-2/h3-9H,10H2,1-2H3;1-2H3. The van der Waals surface area contributed by atoms with Crippen LogP contribution in [0.15, 0.2) is 42.5 Å². The van der Waals surface area contributed by atoms with Gasteiger partial charge in [-0.1, -0.05) is 43.6 Å². The van der Waals surface area contributed by atoms with Gasteiger partial charge in [0.2, 0.25) is 0 Å². The SMILES string of the molecule is CC.Cc1cccc(OC(=O)Cc2cc(Cl)ccc2C)c1. The summed E-state index contributed by atoms with van der Waals surface area (Å²) in [5, 5.41) is 0.629. The van der Waals surface area contributed by atoms with Crippen molar-refractivity contribution in [3.63, 3.8) is 0 Å². The summed E-state index contributed by atoms with van der Waals surface area (Å²) >= 11 is 5.93. The highest BCUT2D eigenvalue weighted by Crippen LogP contribution is 2.18. The minimum absolute atomic E-state index is 0.223. The van der Waals surface area contributed by atoms with Crippen molar-refractivity contribution in [1.29, 1.82) is 0 Å². The molecule has 0 bridgehead atoms. The number of hydrogen-bond donors (Lipinski definition) is 0. The van der Waals surface area contributed by atoms with E-state index in [2.05, 4.69) is 0 Å². The maximum Gasteiger partial charge on any atom is 0.315 e. The van der Waals surface area contributed by atoms with E-state index in [-0.39, 0.29) is 12.4 Å². The number of rotatable bonds is 3. The molecule has 0 fully saturated rings. The first-order valence-corrected chi connectivity index (χ1v) is 7.45. The molecule has 0 aliphatic rings. The van der Waals surface area contributed by atoms with Crippen LogP contribution in [-0.4, -0.2) is 5.97 Å². The third kappa shape index (κ3) is 5.60. The quantitative estimate of drug-likeness (QED) is 0.580. The van der Waals surface area contributed by atoms with E-state index in [1.54, 1.807) is 12.1 Å². The van der Waals surface area contributed by atoms with Gasteiger partial charge in [-0.25, -0.2) is 0 Å². The highest BCUT2D eigenvalue weighted by molar-refractivity contribution is 6.30. The van der Waals surface area contributed by atoms with Crippen molar-refractivity contribution in [2.45, 2.75) is 34.1 Å². The monoisotopic (exact) mass is 304 g/mol. The van der Waals surface area contributed by atoms with E-state index in [1.807, 2.05) is 58.0 Å². The van der Waals surface area contributed by atoms with E-state index in [0.717, 1.165) is 16.7 Å². The van der Waals surface area contributed by atoms with Gasteiger partial charge in [-0.2, -0.15) is 0 Å². The first-order chi connectivity index (χ1) is 10.0. The summed E-state index contributed by atoms with van der Waals surface area (Å²) in [7, 11) is 0. The van der Waals surface area contributed by atoms with E-state index in [4.69, 9.17) is 16.3 Å². The topological polar surface area (TPSA) is 26.3 Å². The fraction of sp³-hybridized carbons (Fsp3) is 0.278. The van der Waals surface area contributed by atoms with Crippen molar-refractivity contribution in [2.24, 2.45) is 0 Å². The molecule has 0 spiro atoms. The summed E-state index contributed by atoms with van der Waals surface area (Å²) in [5.41, 5.74) is 2.99. The molecule has 0 saturated heterocycles. The first kappa shape index (κ1) is 17.3. The molecule has 0 N–H and O–H groups in total. The van der Waals surface area contributed by atoms with E-state index in [0.29, 0.717) is 10.8 Å². The van der Waals surface area contributed by atoms with Crippen molar-refractivity contribution in [3.8, 4) is 5.75 Å². The maximum atomic E-state index is 11.9. The molecule has 3 heteroatoms. The summed E-state index contributed by atoms with van der Waals surface area (Å²) in [6.07, 6.45) is 0.223. The molecule has 2 aromatic carbocycles. The van der Waals surface area contributed by atoms with Crippen LogP contribution >= 0.6 is 11.6 Å². The molecular formula is C18H21ClO2. The van der Waals surface area contributed by atoms with E-state index < -0.39 is 0 Å². The molecular weight excluding hydrogens is 284 g/mol. The van der Waals surface area contributed by atoms with Crippen molar-refractivity contribution < 1.29 is 9.53 Å². The lowest BCUT2D eigenvalue weighted by Gasteiger charge is -2.07. The smallest absolute Gasteiger partial charge is 0.315 e. The lowest BCUT2D eigenvalue weighted by atomic mass is 10.1. The van der Waals surface area contributed by atoms with Crippen molar-refractivity contribution >= 4 is 17.6 Å². The second-order valence-electron chi connectivity index (χ2n) is 4.54. The molecule has 0 unspecified atom stereocenters. The molecule has 0 aromatic heterocycles. The lowest BCUT2D eigenvalue weighted by molar-refractivity contribution is -0.133. The van der Waals surface area contributed by atoms with Gasteiger partial charge in [0.15, 0.2) is 0 Å². The Labute approximate surface area is 131 Å². The van der Waals surface area contributed by atoms with Crippen LogP contribution in [0, 0.1) is 13.8 Å². The number of carbonyl (C=O) groups excluding carboxylic acids is 1. The van der Waals surface area contributed by atoms with Crippen LogP contribution in [-0.2, 0) is 11.2 Å². The Kier molecular flexibility index (Phi) is 6.97. The molecule has 0 saturated carbocycles. The van der Waals surface area contributed by atoms with Crippen LogP contribution in [0.2, 0.25) is 5.02 Å². The minimum Gasteiger partial charge on any atom is -0.426 e. The molecule has 0 heterocycles. The number of hydrogen-bond acceptors (Lipinski definition) is 2. The van der Waals surface area contributed by atoms with Gasteiger partial charge in [0.1, 0.15) is 5.75 Å². The van der Waals surface area contributed by atoms with Gasteiger partial charge in [-0.15, -0.1) is 0 Å². The van der Waals surface area contributed by atoms with Crippen LogP contribution in [0.5, 0.6) is 5.75 Å². The molecule has 0 aliphatic carbocycles. The Morgan fingerprint density at radius 1 is 1.10 bits per heavy atom. The molecule has 0 amide bonds. The molecule has 21 heavy (non-hydrogen) atoms. The van der Waals surface area contributed by atoms with Crippen LogP contribution < -0.4 is 4.74 Å². The number of halogens is 1. The third-order valence-electron chi connectivity index (χ3n) is 2.87. The van der Waals surface area contributed by atoms with Crippen molar-refractivity contribution in [3.05, 3.63) is 64.2 Å². The molecule has 0 atom stereocenters. The van der Waals surface area contributed by atoms with Gasteiger partial charge >= 0.3 is 5.97 Å². The summed E-state index contributed by atoms with van der Waals surface area (Å²) < 4.78 is 5.31. The molecule has 0 aliphatic heterocycles. The van der Waals surface area contributed by atoms with Crippen molar-refractivity contribution in [2.75, 3.05) is 0 Å². The van der Waals surface area contributed by atoms with Gasteiger partial charge in [0.05, 0.1) is 6.42 Å². The number of esters is 1. The zero-order valence-electron chi connectivity index (χ0n) is 12.9. The summed E-state index contributed by atoms with van der Waals surface area (Å²) in [6, 6.07) is 12.9. The van der Waals surface area contributed by atoms with Gasteiger partial charge in [0, 0.05) is 5.02 Å². The summed E-state index contributed by atoms with van der Waals surface area (Å²) in [4.78, 5) is 11.9. The molecule has 2 nitrogen and oxygen atoms in total. The van der Waals surface area contributed by atoms with Crippen LogP contribution in [0.4, 0.5) is 0 Å². The second kappa shape index (κ2) is 8.48. The highest BCUT2D eigenvalue weighted by Gasteiger charge is 2.09. The molecule has 112 valence electrons. The average molecular weight is 305 g/mol. The van der Waals surface area contributed by atoms with Crippen molar-refractivity contribution in [1.82, 2.24) is 0 Å². The maximum absolute atomic E-state index is 11.9. The molecule has 2 aromatic rings. The largest absolute Gasteiger partial charge is 0.426 e. The predicted octanol–water partition coefficient (Wildman–Crippen LogP) is 5.13. The number of benzene rings is 2. The Balaban J connectivity index is 0.00000106. The van der Waals surface area contributed by atoms with E-state index in [9.17, 15) is 4.79 Å². The Hall–Kier alpha value is -1.80. The van der Waals surface area contributed by atoms with Crippen LogP contribution in [0.1, 0.15) is 30.5 Å². The fourth-order valence-corrected chi connectivity index (χ4v) is 2.03. The van der Waals surface area contributed by atoms with Crippen LogP contribution in [0.3, 0.4) is 0 Å². The molecule has 0 radical (unpaired) electrons. The van der Waals surface area contributed by atoms with E-state index in [1.165, 1.54) is 0 Å². The molecule has 2 rings (SSSR count). The fourth-order valence-electron chi connectivity index (χ4n) is 1.83. The van der Waals surface area contributed by atoms with Gasteiger partial charge in [0.25, 0.3) is 0 Å². The predicted molar refractivity (Wildman–Crippen MR) is 88.1 cm³/mol. The number of aryl methyl sites for hydroxylation is 2. The lowest BCUT2D eigenvalue weighted by Crippen LogP contribution is -2.12. The Morgan fingerprint density at radius 3 is 2.48 bits per heavy atom. The van der Waals surface area contributed by atoms with Gasteiger partial charge in [-0.3, -0.25) is 4.79 Å². The Morgan fingerprint density at radius 2 is 1.81 bits per heavy atom. The number of carbonyl (C=O) groups is 1. The minimum atomic E-state index is -0.282. The zero-order valence-corrected chi connectivity index (χ0v) is 13.7. The highest BCUT2D eigenvalue weighted by atomic mass is 35.5. The van der Waals surface area contributed by atoms with Crippen LogP contribution in [0.25, 0.3) is 0 Å². The summed E-state index contributed by atoms with van der Waals surface area (Å²) in [6.45, 7) is 7.91. The Bertz CT molecular complexity index is 606.